The number of rotatable bonds is 8. The van der Waals surface area contributed by atoms with Crippen molar-refractivity contribution in [3.05, 3.63) is 53.2 Å². The molecule has 1 aliphatic rings. The quantitative estimate of drug-likeness (QED) is 0.433. The molecule has 1 aromatic heterocycles. The van der Waals surface area contributed by atoms with E-state index in [9.17, 15) is 17.6 Å². The molecule has 0 radical (unpaired) electrons. The zero-order valence-corrected chi connectivity index (χ0v) is 19.9. The van der Waals surface area contributed by atoms with Crippen LogP contribution in [0.4, 0.5) is 10.1 Å². The van der Waals surface area contributed by atoms with Crippen LogP contribution in [0.3, 0.4) is 0 Å². The summed E-state index contributed by atoms with van der Waals surface area (Å²) in [6.07, 6.45) is 5.93. The molecule has 0 aliphatic heterocycles. The van der Waals surface area contributed by atoms with Crippen LogP contribution in [-0.2, 0) is 10.0 Å². The predicted octanol–water partition coefficient (Wildman–Crippen LogP) is 5.17. The predicted molar refractivity (Wildman–Crippen MR) is 126 cm³/mol. The molecular formula is C23H23FN2O6S2. The van der Waals surface area contributed by atoms with Crippen molar-refractivity contribution in [3.63, 3.8) is 0 Å². The number of methoxy groups -OCH3 is 1. The number of sulfonamides is 1. The minimum Gasteiger partial charge on any atom is -0.495 e. The molecule has 0 amide bonds. The van der Waals surface area contributed by atoms with Crippen molar-refractivity contribution in [3.8, 4) is 22.1 Å². The topological polar surface area (TPSA) is 115 Å². The second-order valence-corrected chi connectivity index (χ2v) is 10.3. The fraction of sp³-hybridized carbons (Fsp3) is 0.304. The lowest BCUT2D eigenvalue weighted by Gasteiger charge is -2.23. The van der Waals surface area contributed by atoms with Crippen LogP contribution in [-0.4, -0.2) is 37.7 Å². The minimum absolute atomic E-state index is 0.133. The van der Waals surface area contributed by atoms with E-state index in [2.05, 4.69) is 9.71 Å². The molecule has 0 spiro atoms. The number of aromatic nitrogens is 1. The van der Waals surface area contributed by atoms with Gasteiger partial charge < -0.3 is 14.6 Å². The number of carboxylic acid groups (broad SMARTS) is 1. The Balaban J connectivity index is 1.51. The summed E-state index contributed by atoms with van der Waals surface area (Å²) in [5.74, 6) is -1.96. The van der Waals surface area contributed by atoms with Gasteiger partial charge in [-0.05, 0) is 56.0 Å². The number of halogens is 1. The maximum Gasteiger partial charge on any atom is 0.338 e. The van der Waals surface area contributed by atoms with Gasteiger partial charge in [-0.25, -0.2) is 14.2 Å². The highest BCUT2D eigenvalue weighted by atomic mass is 32.2. The molecule has 8 nitrogen and oxygen atoms in total. The maximum absolute atomic E-state index is 14.1. The number of nitrogens with one attached hydrogen (secondary N) is 1. The van der Waals surface area contributed by atoms with E-state index in [1.807, 2.05) is 24.3 Å². The van der Waals surface area contributed by atoms with Gasteiger partial charge in [-0.3, -0.25) is 4.72 Å². The van der Waals surface area contributed by atoms with Crippen molar-refractivity contribution in [2.75, 3.05) is 11.8 Å². The van der Waals surface area contributed by atoms with Crippen molar-refractivity contribution in [2.45, 2.75) is 43.2 Å². The fourth-order valence-electron chi connectivity index (χ4n) is 3.73. The van der Waals surface area contributed by atoms with E-state index >= 15 is 0 Å². The highest BCUT2D eigenvalue weighted by Crippen LogP contribution is 2.32. The number of aromatic carboxylic acids is 1. The van der Waals surface area contributed by atoms with E-state index in [0.29, 0.717) is 5.01 Å². The number of carboxylic acids is 1. The van der Waals surface area contributed by atoms with Crippen LogP contribution in [0.15, 0.2) is 46.8 Å². The van der Waals surface area contributed by atoms with Gasteiger partial charge in [-0.15, -0.1) is 11.3 Å². The molecule has 0 bridgehead atoms. The molecule has 1 heterocycles. The zero-order chi connectivity index (χ0) is 24.3. The van der Waals surface area contributed by atoms with Gasteiger partial charge in [0.15, 0.2) is 5.03 Å². The van der Waals surface area contributed by atoms with Crippen LogP contribution >= 0.6 is 11.3 Å². The lowest BCUT2D eigenvalue weighted by atomic mass is 9.98. The summed E-state index contributed by atoms with van der Waals surface area (Å²) >= 11 is 1.15. The Labute approximate surface area is 200 Å². The number of hydrogen-bond donors (Lipinski definition) is 2. The van der Waals surface area contributed by atoms with Crippen LogP contribution in [0.1, 0.15) is 42.5 Å². The number of anilines is 1. The maximum atomic E-state index is 14.1. The third-order valence-electron chi connectivity index (χ3n) is 5.48. The highest BCUT2D eigenvalue weighted by Gasteiger charge is 2.23. The van der Waals surface area contributed by atoms with Crippen LogP contribution in [0, 0.1) is 5.82 Å². The number of thiazole rings is 1. The molecular weight excluding hydrogens is 483 g/mol. The summed E-state index contributed by atoms with van der Waals surface area (Å²) in [6, 6.07) is 9.01. The van der Waals surface area contributed by atoms with Crippen molar-refractivity contribution in [1.29, 1.82) is 0 Å². The van der Waals surface area contributed by atoms with Crippen LogP contribution in [0.25, 0.3) is 10.6 Å². The van der Waals surface area contributed by atoms with Gasteiger partial charge in [-0.1, -0.05) is 6.42 Å². The SMILES string of the molecule is COc1cc(C(=O)O)c(F)cc1NS(=O)(=O)c1csc(-c2ccc(OC3CCCCC3)cc2)n1. The Kier molecular flexibility index (Phi) is 7.03. The van der Waals surface area contributed by atoms with Crippen molar-refractivity contribution < 1.29 is 32.2 Å². The Morgan fingerprint density at radius 3 is 2.53 bits per heavy atom. The number of nitrogens with zero attached hydrogens (tertiary/aromatic N) is 1. The Morgan fingerprint density at radius 1 is 1.18 bits per heavy atom. The summed E-state index contributed by atoms with van der Waals surface area (Å²) in [6.45, 7) is 0. The first-order valence-corrected chi connectivity index (χ1v) is 13.0. The van der Waals surface area contributed by atoms with Gasteiger partial charge >= 0.3 is 5.97 Å². The first-order chi connectivity index (χ1) is 16.3. The van der Waals surface area contributed by atoms with Gasteiger partial charge in [0.1, 0.15) is 22.3 Å². The van der Waals surface area contributed by atoms with E-state index in [4.69, 9.17) is 14.6 Å². The van der Waals surface area contributed by atoms with E-state index in [1.165, 1.54) is 31.8 Å². The number of ether oxygens (including phenoxy) is 2. The monoisotopic (exact) mass is 506 g/mol. The minimum atomic E-state index is -4.18. The van der Waals surface area contributed by atoms with E-state index in [1.54, 1.807) is 0 Å². The van der Waals surface area contributed by atoms with Crippen molar-refractivity contribution in [2.24, 2.45) is 0 Å². The second-order valence-electron chi connectivity index (χ2n) is 7.84. The zero-order valence-electron chi connectivity index (χ0n) is 18.3. The fourth-order valence-corrected chi connectivity index (χ4v) is 5.89. The van der Waals surface area contributed by atoms with Gasteiger partial charge in [0.2, 0.25) is 0 Å². The third kappa shape index (κ3) is 5.31. The molecule has 2 N–H and O–H groups in total. The van der Waals surface area contributed by atoms with Gasteiger partial charge in [0.25, 0.3) is 10.0 Å². The molecule has 4 rings (SSSR count). The average molecular weight is 507 g/mol. The summed E-state index contributed by atoms with van der Waals surface area (Å²) in [5.41, 5.74) is -0.132. The first-order valence-electron chi connectivity index (χ1n) is 10.6. The van der Waals surface area contributed by atoms with Gasteiger partial charge in [-0.2, -0.15) is 8.42 Å². The standard InChI is InChI=1S/C23H23FN2O6S2/c1-31-20-11-17(23(27)28)18(24)12-19(20)26-34(29,30)21-13-33-22(25-21)14-7-9-16(10-8-14)32-15-5-3-2-4-6-15/h7-13,15,26H,2-6H2,1H3,(H,27,28). The Hall–Kier alpha value is -3.18. The first kappa shape index (κ1) is 24.0. The Morgan fingerprint density at radius 2 is 1.88 bits per heavy atom. The summed E-state index contributed by atoms with van der Waals surface area (Å²) in [5, 5.41) is 10.7. The molecule has 1 saturated carbocycles. The summed E-state index contributed by atoms with van der Waals surface area (Å²) < 4.78 is 53.1. The second kappa shape index (κ2) is 9.98. The molecule has 11 heteroatoms. The van der Waals surface area contributed by atoms with Crippen LogP contribution in [0.2, 0.25) is 0 Å². The van der Waals surface area contributed by atoms with E-state index in [-0.39, 0.29) is 22.6 Å². The average Bonchev–Trinajstić information content (AvgIpc) is 3.31. The van der Waals surface area contributed by atoms with Crippen LogP contribution < -0.4 is 14.2 Å². The highest BCUT2D eigenvalue weighted by molar-refractivity contribution is 7.92. The molecule has 2 aromatic carbocycles. The molecule has 3 aromatic rings. The van der Waals surface area contributed by atoms with Gasteiger partial charge in [0.05, 0.1) is 24.5 Å². The van der Waals surface area contributed by atoms with Crippen molar-refractivity contribution >= 4 is 33.0 Å². The largest absolute Gasteiger partial charge is 0.495 e. The molecule has 0 saturated heterocycles. The smallest absolute Gasteiger partial charge is 0.338 e. The molecule has 34 heavy (non-hydrogen) atoms. The molecule has 1 aliphatic carbocycles. The summed E-state index contributed by atoms with van der Waals surface area (Å²) in [7, 11) is -2.96. The third-order valence-corrected chi connectivity index (χ3v) is 7.77. The Bertz CT molecular complexity index is 1290. The number of benzene rings is 2. The molecule has 0 atom stereocenters. The van der Waals surface area contributed by atoms with Crippen LogP contribution in [0.5, 0.6) is 11.5 Å². The normalized spacial score (nSPS) is 14.5. The molecule has 0 unspecified atom stereocenters. The number of carbonyl (C=O) groups is 1. The number of hydrogen-bond acceptors (Lipinski definition) is 7. The summed E-state index contributed by atoms with van der Waals surface area (Å²) in [4.78, 5) is 15.3. The van der Waals surface area contributed by atoms with Gasteiger partial charge in [0, 0.05) is 17.0 Å². The molecule has 180 valence electrons. The molecule has 1 fully saturated rings. The van der Waals surface area contributed by atoms with E-state index in [0.717, 1.165) is 47.6 Å². The lowest BCUT2D eigenvalue weighted by molar-refractivity contribution is 0.0691. The van der Waals surface area contributed by atoms with Crippen molar-refractivity contribution in [1.82, 2.24) is 4.98 Å². The lowest BCUT2D eigenvalue weighted by Crippen LogP contribution is -2.19. The van der Waals surface area contributed by atoms with E-state index < -0.39 is 27.4 Å².